The molecule has 6 nitrogen and oxygen atoms in total. The number of aryl methyl sites for hydroxylation is 1. The van der Waals surface area contributed by atoms with E-state index in [9.17, 15) is 4.21 Å². The molecule has 3 aliphatic carbocycles. The van der Waals surface area contributed by atoms with E-state index in [-0.39, 0.29) is 5.54 Å². The molecule has 0 aromatic carbocycles. The lowest BCUT2D eigenvalue weighted by molar-refractivity contribution is 0.00158. The molecule has 0 radical (unpaired) electrons. The predicted octanol–water partition coefficient (Wildman–Crippen LogP) is 2.10. The van der Waals surface area contributed by atoms with Crippen molar-refractivity contribution in [2.75, 3.05) is 29.1 Å². The Labute approximate surface area is 154 Å². The van der Waals surface area contributed by atoms with Gasteiger partial charge in [0.15, 0.2) is 0 Å². The highest BCUT2D eigenvalue weighted by Crippen LogP contribution is 2.58. The molecule has 2 aliphatic heterocycles. The van der Waals surface area contributed by atoms with Gasteiger partial charge in [0, 0.05) is 48.6 Å². The summed E-state index contributed by atoms with van der Waals surface area (Å²) >= 11 is 0. The number of nitrogens with zero attached hydrogens (tertiary/aromatic N) is 4. The predicted molar refractivity (Wildman–Crippen MR) is 99.9 cm³/mol. The van der Waals surface area contributed by atoms with E-state index >= 15 is 0 Å². The Kier molecular flexibility index (Phi) is 3.05. The number of rotatable bonds is 4. The molecule has 134 valence electrons. The fourth-order valence-electron chi connectivity index (χ4n) is 4.74. The summed E-state index contributed by atoms with van der Waals surface area (Å²) in [6.07, 6.45) is 6.35. The summed E-state index contributed by atoms with van der Waals surface area (Å²) < 4.78 is 12.5. The van der Waals surface area contributed by atoms with Gasteiger partial charge in [-0.25, -0.2) is 4.98 Å². The zero-order chi connectivity index (χ0) is 17.3. The summed E-state index contributed by atoms with van der Waals surface area (Å²) in [5, 5.41) is 3.65. The molecule has 2 aromatic heterocycles. The Morgan fingerprint density at radius 2 is 2.04 bits per heavy atom. The van der Waals surface area contributed by atoms with Crippen molar-refractivity contribution in [2.45, 2.75) is 42.0 Å². The van der Waals surface area contributed by atoms with Crippen LogP contribution in [0.1, 0.15) is 36.6 Å². The van der Waals surface area contributed by atoms with Crippen LogP contribution in [0.4, 0.5) is 11.8 Å². The number of anilines is 2. The third-order valence-electron chi connectivity index (χ3n) is 6.37. The van der Waals surface area contributed by atoms with Crippen LogP contribution >= 0.6 is 0 Å². The van der Waals surface area contributed by atoms with E-state index in [1.807, 2.05) is 18.3 Å². The molecule has 4 heterocycles. The summed E-state index contributed by atoms with van der Waals surface area (Å²) in [6, 6.07) is 6.08. The Hall–Kier alpha value is -2.02. The Morgan fingerprint density at radius 3 is 2.73 bits per heavy atom. The second-order valence-electron chi connectivity index (χ2n) is 8.19. The van der Waals surface area contributed by atoms with Crippen LogP contribution in [-0.2, 0) is 17.2 Å². The molecule has 1 N–H and O–H groups in total. The van der Waals surface area contributed by atoms with E-state index in [4.69, 9.17) is 9.97 Å². The van der Waals surface area contributed by atoms with E-state index in [1.165, 1.54) is 19.3 Å². The molecule has 26 heavy (non-hydrogen) atoms. The standard InChI is InChI=1S/C19H21N5OS/c25-26-6-4-15-16(26)17(23-19-7-12(8-19)9-19)22-18(21-15)24-10-13(11-24)14-3-1-2-5-20-14/h1-3,5,12-13H,4,6-11H2,(H,21,22,23)/t12?,19?,26-/m0/s1. The Morgan fingerprint density at radius 1 is 1.19 bits per heavy atom. The van der Waals surface area contributed by atoms with Gasteiger partial charge >= 0.3 is 0 Å². The molecule has 5 aliphatic rings. The number of hydrogen-bond donors (Lipinski definition) is 1. The first-order valence-electron chi connectivity index (χ1n) is 9.42. The summed E-state index contributed by atoms with van der Waals surface area (Å²) in [4.78, 5) is 17.1. The van der Waals surface area contributed by atoms with Crippen molar-refractivity contribution in [1.82, 2.24) is 15.0 Å². The average molecular weight is 367 g/mol. The molecular weight excluding hydrogens is 346 g/mol. The number of aromatic nitrogens is 3. The number of pyridine rings is 1. The van der Waals surface area contributed by atoms with Crippen LogP contribution < -0.4 is 10.2 Å². The largest absolute Gasteiger partial charge is 0.363 e. The minimum atomic E-state index is -0.963. The molecule has 2 aromatic rings. The van der Waals surface area contributed by atoms with Crippen LogP contribution in [-0.4, -0.2) is 43.5 Å². The van der Waals surface area contributed by atoms with Crippen LogP contribution in [0.5, 0.6) is 0 Å². The summed E-state index contributed by atoms with van der Waals surface area (Å²) in [5.74, 6) is 3.63. The number of hydrogen-bond acceptors (Lipinski definition) is 6. The van der Waals surface area contributed by atoms with Crippen molar-refractivity contribution in [3.8, 4) is 0 Å². The highest BCUT2D eigenvalue weighted by molar-refractivity contribution is 7.85. The quantitative estimate of drug-likeness (QED) is 0.892. The highest BCUT2D eigenvalue weighted by Gasteiger charge is 2.57. The van der Waals surface area contributed by atoms with Crippen molar-refractivity contribution >= 4 is 22.6 Å². The van der Waals surface area contributed by atoms with Crippen molar-refractivity contribution in [3.63, 3.8) is 0 Å². The molecule has 4 fully saturated rings. The van der Waals surface area contributed by atoms with Crippen molar-refractivity contribution in [1.29, 1.82) is 0 Å². The van der Waals surface area contributed by atoms with Crippen LogP contribution in [0.2, 0.25) is 0 Å². The summed E-state index contributed by atoms with van der Waals surface area (Å²) in [6.45, 7) is 1.79. The first-order chi connectivity index (χ1) is 12.7. The third kappa shape index (κ3) is 2.16. The Balaban J connectivity index is 1.28. The van der Waals surface area contributed by atoms with Crippen LogP contribution in [0, 0.1) is 5.92 Å². The maximum Gasteiger partial charge on any atom is 0.227 e. The lowest BCUT2D eigenvalue weighted by atomic mass is 9.50. The minimum absolute atomic E-state index is 0.224. The molecule has 1 atom stereocenters. The van der Waals surface area contributed by atoms with Gasteiger partial charge in [-0.15, -0.1) is 0 Å². The molecule has 2 bridgehead atoms. The summed E-state index contributed by atoms with van der Waals surface area (Å²) in [5.41, 5.74) is 2.34. The van der Waals surface area contributed by atoms with E-state index in [0.717, 1.165) is 53.5 Å². The monoisotopic (exact) mass is 367 g/mol. The smallest absolute Gasteiger partial charge is 0.227 e. The topological polar surface area (TPSA) is 71.0 Å². The second kappa shape index (κ2) is 5.25. The van der Waals surface area contributed by atoms with Gasteiger partial charge in [-0.05, 0) is 37.3 Å². The van der Waals surface area contributed by atoms with Gasteiger partial charge in [0.2, 0.25) is 5.95 Å². The van der Waals surface area contributed by atoms with E-state index in [1.54, 1.807) is 0 Å². The van der Waals surface area contributed by atoms with E-state index < -0.39 is 10.8 Å². The molecule has 0 unspecified atom stereocenters. The van der Waals surface area contributed by atoms with Crippen LogP contribution in [0.3, 0.4) is 0 Å². The van der Waals surface area contributed by atoms with Crippen molar-refractivity contribution in [3.05, 3.63) is 35.8 Å². The van der Waals surface area contributed by atoms with Gasteiger partial charge in [-0.1, -0.05) is 6.07 Å². The molecule has 7 rings (SSSR count). The van der Waals surface area contributed by atoms with Gasteiger partial charge in [0.1, 0.15) is 10.7 Å². The first-order valence-corrected chi connectivity index (χ1v) is 10.7. The fourth-order valence-corrected chi connectivity index (χ4v) is 6.04. The van der Waals surface area contributed by atoms with Gasteiger partial charge in [0.05, 0.1) is 16.5 Å². The lowest BCUT2D eigenvalue weighted by Gasteiger charge is -2.62. The number of nitrogens with one attached hydrogen (secondary N) is 1. The molecule has 7 heteroatoms. The van der Waals surface area contributed by atoms with E-state index in [0.29, 0.717) is 11.7 Å². The highest BCUT2D eigenvalue weighted by atomic mass is 32.2. The van der Waals surface area contributed by atoms with Crippen molar-refractivity contribution in [2.24, 2.45) is 5.92 Å². The molecular formula is C19H21N5OS. The third-order valence-corrected chi connectivity index (χ3v) is 7.83. The maximum atomic E-state index is 12.5. The van der Waals surface area contributed by atoms with Gasteiger partial charge in [-0.3, -0.25) is 9.19 Å². The van der Waals surface area contributed by atoms with Gasteiger partial charge < -0.3 is 10.2 Å². The van der Waals surface area contributed by atoms with Gasteiger partial charge in [0.25, 0.3) is 0 Å². The molecule has 1 saturated heterocycles. The zero-order valence-corrected chi connectivity index (χ0v) is 15.3. The van der Waals surface area contributed by atoms with Gasteiger partial charge in [-0.2, -0.15) is 4.98 Å². The molecule has 0 spiro atoms. The minimum Gasteiger partial charge on any atom is -0.363 e. The van der Waals surface area contributed by atoms with E-state index in [2.05, 4.69) is 21.3 Å². The zero-order valence-electron chi connectivity index (χ0n) is 14.5. The molecule has 3 saturated carbocycles. The summed E-state index contributed by atoms with van der Waals surface area (Å²) in [7, 11) is -0.963. The van der Waals surface area contributed by atoms with Crippen molar-refractivity contribution < 1.29 is 4.21 Å². The lowest BCUT2D eigenvalue weighted by Crippen LogP contribution is -2.63. The average Bonchev–Trinajstić information content (AvgIpc) is 2.91. The fraction of sp³-hybridized carbons (Fsp3) is 0.526. The second-order valence-corrected chi connectivity index (χ2v) is 9.70. The first kappa shape index (κ1) is 15.1. The Bertz CT molecular complexity index is 895. The number of fused-ring (bicyclic) bond motifs is 1. The normalized spacial score (nSPS) is 31.6. The SMILES string of the molecule is O=[S@]1CCc2nc(N3CC(c4ccccn4)C3)nc(NC34CC(C3)C4)c21. The van der Waals surface area contributed by atoms with Crippen LogP contribution in [0.15, 0.2) is 29.3 Å². The van der Waals surface area contributed by atoms with Crippen LogP contribution in [0.25, 0.3) is 0 Å². The molecule has 0 amide bonds. The maximum absolute atomic E-state index is 12.5.